The van der Waals surface area contributed by atoms with Crippen molar-refractivity contribution in [2.45, 2.75) is 19.1 Å². The number of pyridine rings is 1. The molecule has 5 heteroatoms. The predicted molar refractivity (Wildman–Crippen MR) is 81.7 cm³/mol. The maximum Gasteiger partial charge on any atom is 0.225 e. The summed E-state index contributed by atoms with van der Waals surface area (Å²) < 4.78 is 0. The average molecular weight is 305 g/mol. The fourth-order valence-corrected chi connectivity index (χ4v) is 2.07. The maximum absolute atomic E-state index is 12.1. The molecule has 0 aliphatic carbocycles. The molecule has 2 aromatic rings. The van der Waals surface area contributed by atoms with Crippen molar-refractivity contribution in [1.82, 2.24) is 9.88 Å². The van der Waals surface area contributed by atoms with Crippen molar-refractivity contribution in [3.8, 4) is 0 Å². The molecule has 0 saturated carbocycles. The Morgan fingerprint density at radius 3 is 2.62 bits per heavy atom. The van der Waals surface area contributed by atoms with Crippen molar-refractivity contribution in [2.24, 2.45) is 0 Å². The van der Waals surface area contributed by atoms with Crippen LogP contribution in [0.25, 0.3) is 0 Å². The molecule has 0 saturated heterocycles. The van der Waals surface area contributed by atoms with Gasteiger partial charge in [-0.05, 0) is 29.8 Å². The van der Waals surface area contributed by atoms with E-state index in [-0.39, 0.29) is 12.3 Å². The summed E-state index contributed by atoms with van der Waals surface area (Å²) >= 11 is 5.80. The van der Waals surface area contributed by atoms with E-state index < -0.39 is 6.10 Å². The van der Waals surface area contributed by atoms with Crippen LogP contribution in [0.1, 0.15) is 23.8 Å². The summed E-state index contributed by atoms with van der Waals surface area (Å²) in [5.41, 5.74) is 1.49. The molecule has 0 fully saturated rings. The molecular weight excluding hydrogens is 288 g/mol. The van der Waals surface area contributed by atoms with Crippen LogP contribution >= 0.6 is 11.6 Å². The van der Waals surface area contributed by atoms with Crippen molar-refractivity contribution in [1.29, 1.82) is 0 Å². The summed E-state index contributed by atoms with van der Waals surface area (Å²) in [5, 5.41) is 10.7. The van der Waals surface area contributed by atoms with Crippen molar-refractivity contribution in [3.05, 3.63) is 64.9 Å². The Morgan fingerprint density at radius 1 is 1.29 bits per heavy atom. The van der Waals surface area contributed by atoms with Gasteiger partial charge in [0.1, 0.15) is 0 Å². The number of hydrogen-bond acceptors (Lipinski definition) is 3. The Labute approximate surface area is 129 Å². The smallest absolute Gasteiger partial charge is 0.225 e. The first kappa shape index (κ1) is 15.5. The predicted octanol–water partition coefficient (Wildman–Crippen LogP) is 2.82. The molecule has 0 radical (unpaired) electrons. The van der Waals surface area contributed by atoms with Gasteiger partial charge in [0.25, 0.3) is 0 Å². The lowest BCUT2D eigenvalue weighted by Crippen LogP contribution is -2.27. The van der Waals surface area contributed by atoms with Crippen LogP contribution in [0.4, 0.5) is 0 Å². The summed E-state index contributed by atoms with van der Waals surface area (Å²) in [7, 11) is 1.70. The molecular formula is C16H17ClN2O2. The van der Waals surface area contributed by atoms with Crippen molar-refractivity contribution < 1.29 is 9.90 Å². The third-order valence-electron chi connectivity index (χ3n) is 3.17. The fraction of sp³-hybridized carbons (Fsp3) is 0.250. The zero-order chi connectivity index (χ0) is 15.2. The van der Waals surface area contributed by atoms with Gasteiger partial charge in [-0.15, -0.1) is 0 Å². The van der Waals surface area contributed by atoms with Crippen LogP contribution in [0.2, 0.25) is 5.02 Å². The number of aliphatic hydroxyl groups is 1. The number of rotatable bonds is 5. The third-order valence-corrected chi connectivity index (χ3v) is 3.43. The van der Waals surface area contributed by atoms with E-state index >= 15 is 0 Å². The molecule has 21 heavy (non-hydrogen) atoms. The molecule has 0 spiro atoms. The first-order valence-corrected chi connectivity index (χ1v) is 7.01. The Hall–Kier alpha value is -1.91. The van der Waals surface area contributed by atoms with Crippen LogP contribution < -0.4 is 0 Å². The number of carbonyl (C=O) groups excluding carboxylic acids is 1. The van der Waals surface area contributed by atoms with Crippen molar-refractivity contribution in [3.63, 3.8) is 0 Å². The number of benzene rings is 1. The van der Waals surface area contributed by atoms with Crippen LogP contribution in [0.15, 0.2) is 48.7 Å². The minimum Gasteiger partial charge on any atom is -0.388 e. The molecule has 0 aliphatic heterocycles. The normalized spacial score (nSPS) is 12.0. The number of carbonyl (C=O) groups is 1. The molecule has 0 aliphatic rings. The highest BCUT2D eigenvalue weighted by Crippen LogP contribution is 2.20. The zero-order valence-electron chi connectivity index (χ0n) is 11.7. The maximum atomic E-state index is 12.1. The van der Waals surface area contributed by atoms with Gasteiger partial charge in [0, 0.05) is 18.3 Å². The molecule has 1 unspecified atom stereocenters. The number of aromatic nitrogens is 1. The van der Waals surface area contributed by atoms with E-state index in [9.17, 15) is 9.90 Å². The summed E-state index contributed by atoms with van der Waals surface area (Å²) in [6.45, 7) is 0.424. The van der Waals surface area contributed by atoms with Gasteiger partial charge in [-0.25, -0.2) is 0 Å². The van der Waals surface area contributed by atoms with E-state index in [0.717, 1.165) is 5.69 Å². The number of halogens is 1. The summed E-state index contributed by atoms with van der Waals surface area (Å²) in [4.78, 5) is 17.8. The van der Waals surface area contributed by atoms with E-state index in [1.807, 2.05) is 18.2 Å². The molecule has 1 atom stereocenters. The van der Waals surface area contributed by atoms with Crippen LogP contribution in [0.5, 0.6) is 0 Å². The summed E-state index contributed by atoms with van der Waals surface area (Å²) in [5.74, 6) is -0.136. The molecule has 1 aromatic carbocycles. The lowest BCUT2D eigenvalue weighted by molar-refractivity contribution is -0.132. The minimum absolute atomic E-state index is 0.0327. The summed E-state index contributed by atoms with van der Waals surface area (Å²) in [6, 6.07) is 12.4. The first-order valence-electron chi connectivity index (χ1n) is 6.63. The molecule has 110 valence electrons. The highest BCUT2D eigenvalue weighted by molar-refractivity contribution is 6.30. The van der Waals surface area contributed by atoms with E-state index in [1.54, 1.807) is 42.4 Å². The first-order chi connectivity index (χ1) is 10.1. The van der Waals surface area contributed by atoms with Gasteiger partial charge in [0.15, 0.2) is 0 Å². The zero-order valence-corrected chi connectivity index (χ0v) is 12.5. The topological polar surface area (TPSA) is 53.4 Å². The third kappa shape index (κ3) is 4.55. The molecule has 4 nitrogen and oxygen atoms in total. The minimum atomic E-state index is -0.832. The largest absolute Gasteiger partial charge is 0.388 e. The van der Waals surface area contributed by atoms with Gasteiger partial charge in [0.05, 0.1) is 24.8 Å². The van der Waals surface area contributed by atoms with Gasteiger partial charge in [-0.1, -0.05) is 29.8 Å². The molecule has 2 rings (SSSR count). The number of amides is 1. The second-order valence-electron chi connectivity index (χ2n) is 4.84. The standard InChI is InChI=1S/C16H17ClN2O2/c1-19(11-14-4-2-3-9-18-14)16(21)10-15(20)12-5-7-13(17)8-6-12/h2-9,15,20H,10-11H2,1H3. The second-order valence-corrected chi connectivity index (χ2v) is 5.28. The van der Waals surface area contributed by atoms with Crippen molar-refractivity contribution >= 4 is 17.5 Å². The Balaban J connectivity index is 1.92. The Morgan fingerprint density at radius 2 is 2.00 bits per heavy atom. The number of aliphatic hydroxyl groups excluding tert-OH is 1. The quantitative estimate of drug-likeness (QED) is 0.924. The van der Waals surface area contributed by atoms with Crippen LogP contribution in [-0.4, -0.2) is 27.9 Å². The Kier molecular flexibility index (Phi) is 5.31. The second kappa shape index (κ2) is 7.20. The van der Waals surface area contributed by atoms with Gasteiger partial charge < -0.3 is 10.0 Å². The van der Waals surface area contributed by atoms with Crippen LogP contribution in [0, 0.1) is 0 Å². The van der Waals surface area contributed by atoms with E-state index in [4.69, 9.17) is 11.6 Å². The van der Waals surface area contributed by atoms with Crippen LogP contribution in [-0.2, 0) is 11.3 Å². The van der Waals surface area contributed by atoms with Gasteiger partial charge >= 0.3 is 0 Å². The Bertz CT molecular complexity index is 587. The van der Waals surface area contributed by atoms with Crippen LogP contribution in [0.3, 0.4) is 0 Å². The highest BCUT2D eigenvalue weighted by atomic mass is 35.5. The molecule has 1 N–H and O–H groups in total. The number of nitrogens with zero attached hydrogens (tertiary/aromatic N) is 2. The molecule has 1 amide bonds. The lowest BCUT2D eigenvalue weighted by atomic mass is 10.1. The summed E-state index contributed by atoms with van der Waals surface area (Å²) in [6.07, 6.45) is 0.891. The van der Waals surface area contributed by atoms with Crippen molar-refractivity contribution in [2.75, 3.05) is 7.05 Å². The number of hydrogen-bond donors (Lipinski definition) is 1. The average Bonchev–Trinajstić information content (AvgIpc) is 2.48. The van der Waals surface area contributed by atoms with E-state index in [1.165, 1.54) is 0 Å². The molecule has 1 aromatic heterocycles. The van der Waals surface area contributed by atoms with Gasteiger partial charge in [-0.3, -0.25) is 9.78 Å². The van der Waals surface area contributed by atoms with Gasteiger partial charge in [-0.2, -0.15) is 0 Å². The lowest BCUT2D eigenvalue weighted by Gasteiger charge is -2.19. The molecule has 1 heterocycles. The van der Waals surface area contributed by atoms with E-state index in [2.05, 4.69) is 4.98 Å². The molecule has 0 bridgehead atoms. The fourth-order valence-electron chi connectivity index (χ4n) is 1.95. The monoisotopic (exact) mass is 304 g/mol. The SMILES string of the molecule is CN(Cc1ccccn1)C(=O)CC(O)c1ccc(Cl)cc1. The van der Waals surface area contributed by atoms with E-state index in [0.29, 0.717) is 17.1 Å². The highest BCUT2D eigenvalue weighted by Gasteiger charge is 2.16. The van der Waals surface area contributed by atoms with Gasteiger partial charge in [0.2, 0.25) is 5.91 Å².